The number of aliphatic hydroxyl groups excluding tert-OH is 1. The van der Waals surface area contributed by atoms with Crippen LogP contribution in [0.2, 0.25) is 10.0 Å². The lowest BCUT2D eigenvalue weighted by molar-refractivity contribution is -0.207. The predicted octanol–water partition coefficient (Wildman–Crippen LogP) is 4.79. The van der Waals surface area contributed by atoms with Crippen LogP contribution >= 0.6 is 23.2 Å². The molecule has 0 fully saturated rings. The molecule has 1 aromatic carbocycles. The minimum absolute atomic E-state index is 0.0284. The Labute approximate surface area is 127 Å². The molecule has 1 heterocycles. The Bertz CT molecular complexity index is 676. The first-order chi connectivity index (χ1) is 9.70. The number of hydrogen-bond donors (Lipinski definition) is 1. The zero-order valence-electron chi connectivity index (χ0n) is 10.1. The number of nitrogens with zero attached hydrogens (tertiary/aromatic N) is 1. The van der Waals surface area contributed by atoms with Crippen LogP contribution in [-0.2, 0) is 0 Å². The molecule has 0 amide bonds. The molecule has 0 spiro atoms. The number of rotatable bonds is 2. The van der Waals surface area contributed by atoms with Crippen molar-refractivity contribution in [2.45, 2.75) is 12.3 Å². The van der Waals surface area contributed by atoms with E-state index < -0.39 is 23.8 Å². The van der Waals surface area contributed by atoms with Gasteiger partial charge >= 0.3 is 6.18 Å². The Morgan fingerprint density at radius 2 is 1.71 bits per heavy atom. The maximum Gasteiger partial charge on any atom is 0.420 e. The molecule has 1 aromatic heterocycles. The van der Waals surface area contributed by atoms with Crippen LogP contribution in [0, 0.1) is 5.82 Å². The van der Waals surface area contributed by atoms with E-state index in [1.807, 2.05) is 0 Å². The summed E-state index contributed by atoms with van der Waals surface area (Å²) in [6, 6.07) is 5.65. The third kappa shape index (κ3) is 3.45. The van der Waals surface area contributed by atoms with Crippen LogP contribution in [0.1, 0.15) is 11.8 Å². The molecule has 112 valence electrons. The van der Waals surface area contributed by atoms with Crippen LogP contribution in [-0.4, -0.2) is 16.3 Å². The fourth-order valence-electron chi connectivity index (χ4n) is 1.62. The molecule has 0 saturated heterocycles. The van der Waals surface area contributed by atoms with E-state index in [0.717, 1.165) is 12.1 Å². The van der Waals surface area contributed by atoms with Crippen molar-refractivity contribution in [1.29, 1.82) is 0 Å². The van der Waals surface area contributed by atoms with Crippen LogP contribution in [0.4, 0.5) is 17.6 Å². The predicted molar refractivity (Wildman–Crippen MR) is 70.7 cm³/mol. The standard InChI is InChI=1S/C13H7Cl2F4NO/c14-7-2-4-10(12(21)13(17,18)19)20-11(7)6-1-3-9(16)8(15)5-6/h1-5,12,21H. The van der Waals surface area contributed by atoms with Crippen molar-refractivity contribution < 1.29 is 22.7 Å². The maximum atomic E-state index is 13.1. The lowest BCUT2D eigenvalue weighted by Gasteiger charge is -2.15. The van der Waals surface area contributed by atoms with Gasteiger partial charge in [-0.2, -0.15) is 13.2 Å². The smallest absolute Gasteiger partial charge is 0.378 e. The Balaban J connectivity index is 2.51. The van der Waals surface area contributed by atoms with Crippen LogP contribution in [0.15, 0.2) is 30.3 Å². The number of aliphatic hydroxyl groups is 1. The normalized spacial score (nSPS) is 13.3. The Kier molecular flexibility index (Phi) is 4.41. The summed E-state index contributed by atoms with van der Waals surface area (Å²) in [5, 5.41) is 9.04. The maximum absolute atomic E-state index is 13.1. The van der Waals surface area contributed by atoms with Gasteiger partial charge in [-0.15, -0.1) is 0 Å². The van der Waals surface area contributed by atoms with E-state index in [2.05, 4.69) is 4.98 Å². The first-order valence-electron chi connectivity index (χ1n) is 5.57. The van der Waals surface area contributed by atoms with E-state index in [0.29, 0.717) is 0 Å². The van der Waals surface area contributed by atoms with Crippen LogP contribution in [0.3, 0.4) is 0 Å². The van der Waals surface area contributed by atoms with Crippen molar-refractivity contribution in [1.82, 2.24) is 4.98 Å². The SMILES string of the molecule is OC(c1ccc(Cl)c(-c2ccc(F)c(Cl)c2)n1)C(F)(F)F. The molecule has 0 aliphatic heterocycles. The summed E-state index contributed by atoms with van der Waals surface area (Å²) in [7, 11) is 0. The van der Waals surface area contributed by atoms with Crippen molar-refractivity contribution in [3.8, 4) is 11.3 Å². The molecule has 0 bridgehead atoms. The molecule has 0 saturated carbocycles. The quantitative estimate of drug-likeness (QED) is 0.798. The molecule has 0 aliphatic rings. The monoisotopic (exact) mass is 339 g/mol. The molecular formula is C13H7Cl2F4NO. The third-order valence-electron chi connectivity index (χ3n) is 2.65. The fraction of sp³-hybridized carbons (Fsp3) is 0.154. The lowest BCUT2D eigenvalue weighted by Crippen LogP contribution is -2.21. The molecule has 2 rings (SSSR count). The molecule has 21 heavy (non-hydrogen) atoms. The van der Waals surface area contributed by atoms with E-state index in [9.17, 15) is 22.7 Å². The third-order valence-corrected chi connectivity index (χ3v) is 3.25. The van der Waals surface area contributed by atoms with Crippen molar-refractivity contribution in [2.75, 3.05) is 0 Å². The summed E-state index contributed by atoms with van der Waals surface area (Å²) in [6.45, 7) is 0. The van der Waals surface area contributed by atoms with Crippen molar-refractivity contribution >= 4 is 23.2 Å². The van der Waals surface area contributed by atoms with Gasteiger partial charge in [-0.25, -0.2) is 9.37 Å². The van der Waals surface area contributed by atoms with Gasteiger partial charge in [0.25, 0.3) is 0 Å². The topological polar surface area (TPSA) is 33.1 Å². The van der Waals surface area contributed by atoms with Gasteiger partial charge in [-0.1, -0.05) is 23.2 Å². The Morgan fingerprint density at radius 1 is 1.05 bits per heavy atom. The summed E-state index contributed by atoms with van der Waals surface area (Å²) in [5.41, 5.74) is -0.399. The van der Waals surface area contributed by atoms with Crippen LogP contribution < -0.4 is 0 Å². The van der Waals surface area contributed by atoms with E-state index in [1.165, 1.54) is 18.2 Å². The molecule has 1 unspecified atom stereocenters. The highest BCUT2D eigenvalue weighted by molar-refractivity contribution is 6.33. The highest BCUT2D eigenvalue weighted by Crippen LogP contribution is 2.35. The number of pyridine rings is 1. The second-order valence-electron chi connectivity index (χ2n) is 4.14. The number of hydrogen-bond acceptors (Lipinski definition) is 2. The van der Waals surface area contributed by atoms with E-state index >= 15 is 0 Å². The van der Waals surface area contributed by atoms with Gasteiger partial charge in [0.05, 0.1) is 21.4 Å². The zero-order valence-corrected chi connectivity index (χ0v) is 11.6. The highest BCUT2D eigenvalue weighted by atomic mass is 35.5. The average molecular weight is 340 g/mol. The molecular weight excluding hydrogens is 333 g/mol. The van der Waals surface area contributed by atoms with E-state index in [1.54, 1.807) is 0 Å². The van der Waals surface area contributed by atoms with Gasteiger partial charge in [-0.3, -0.25) is 0 Å². The number of halogens is 6. The molecule has 1 atom stereocenters. The fourth-order valence-corrected chi connectivity index (χ4v) is 2.02. The second-order valence-corrected chi connectivity index (χ2v) is 4.95. The molecule has 2 aromatic rings. The lowest BCUT2D eigenvalue weighted by atomic mass is 10.1. The van der Waals surface area contributed by atoms with Crippen molar-refractivity contribution in [2.24, 2.45) is 0 Å². The summed E-state index contributed by atoms with van der Waals surface area (Å²) in [4.78, 5) is 3.70. The summed E-state index contributed by atoms with van der Waals surface area (Å²) in [5.74, 6) is -0.678. The van der Waals surface area contributed by atoms with Crippen LogP contribution in [0.25, 0.3) is 11.3 Å². The molecule has 8 heteroatoms. The zero-order chi connectivity index (χ0) is 15.8. The van der Waals surface area contributed by atoms with Gasteiger partial charge in [0.15, 0.2) is 6.10 Å². The van der Waals surface area contributed by atoms with Crippen molar-refractivity contribution in [3.63, 3.8) is 0 Å². The summed E-state index contributed by atoms with van der Waals surface area (Å²) in [6.07, 6.45) is -7.58. The van der Waals surface area contributed by atoms with Crippen molar-refractivity contribution in [3.05, 3.63) is 51.9 Å². The van der Waals surface area contributed by atoms with E-state index in [-0.39, 0.29) is 21.3 Å². The minimum atomic E-state index is -4.85. The first kappa shape index (κ1) is 16.0. The molecule has 1 N–H and O–H groups in total. The van der Waals surface area contributed by atoms with Gasteiger partial charge in [0, 0.05) is 5.56 Å². The largest absolute Gasteiger partial charge is 0.420 e. The minimum Gasteiger partial charge on any atom is -0.378 e. The number of aromatic nitrogens is 1. The Hall–Kier alpha value is -1.37. The second kappa shape index (κ2) is 5.79. The average Bonchev–Trinajstić information content (AvgIpc) is 2.41. The van der Waals surface area contributed by atoms with Gasteiger partial charge in [0.2, 0.25) is 0 Å². The molecule has 0 aliphatic carbocycles. The van der Waals surface area contributed by atoms with Gasteiger partial charge in [0.1, 0.15) is 5.82 Å². The first-order valence-corrected chi connectivity index (χ1v) is 6.32. The van der Waals surface area contributed by atoms with Crippen LogP contribution in [0.5, 0.6) is 0 Å². The van der Waals surface area contributed by atoms with Gasteiger partial charge < -0.3 is 5.11 Å². The summed E-state index contributed by atoms with van der Waals surface area (Å²) < 4.78 is 50.6. The molecule has 0 radical (unpaired) electrons. The molecule has 2 nitrogen and oxygen atoms in total. The Morgan fingerprint density at radius 3 is 2.29 bits per heavy atom. The summed E-state index contributed by atoms with van der Waals surface area (Å²) >= 11 is 11.5. The highest BCUT2D eigenvalue weighted by Gasteiger charge is 2.40. The van der Waals surface area contributed by atoms with E-state index in [4.69, 9.17) is 23.2 Å². The number of alkyl halides is 3. The van der Waals surface area contributed by atoms with Gasteiger partial charge in [-0.05, 0) is 30.3 Å². The number of benzene rings is 1.